The molecule has 2 heterocycles. The van der Waals surface area contributed by atoms with E-state index in [9.17, 15) is 9.59 Å². The molecule has 1 atom stereocenters. The fraction of sp³-hybridized carbons (Fsp3) is 0.636. The number of rotatable bonds is 6. The highest BCUT2D eigenvalue weighted by Crippen LogP contribution is 2.21. The molecule has 0 spiro atoms. The van der Waals surface area contributed by atoms with Crippen LogP contribution in [0.1, 0.15) is 38.7 Å². The van der Waals surface area contributed by atoms with Crippen LogP contribution in [0, 0.1) is 12.8 Å². The lowest BCUT2D eigenvalue weighted by atomic mass is 10.0. The monoisotopic (exact) mass is 387 g/mol. The van der Waals surface area contributed by atoms with E-state index in [4.69, 9.17) is 4.74 Å². The van der Waals surface area contributed by atoms with Crippen molar-refractivity contribution in [2.24, 2.45) is 5.92 Å². The Bertz CT molecular complexity index is 683. The van der Waals surface area contributed by atoms with Crippen molar-refractivity contribution in [1.82, 2.24) is 15.1 Å². The Kier molecular flexibility index (Phi) is 6.94. The smallest absolute Gasteiger partial charge is 0.237 e. The molecule has 0 aliphatic carbocycles. The van der Waals surface area contributed by atoms with Crippen molar-refractivity contribution in [2.75, 3.05) is 32.7 Å². The van der Waals surface area contributed by atoms with Gasteiger partial charge in [0.25, 0.3) is 0 Å². The summed E-state index contributed by atoms with van der Waals surface area (Å²) in [5.74, 6) is 1.42. The minimum atomic E-state index is -0.343. The largest absolute Gasteiger partial charge is 0.490 e. The molecule has 154 valence electrons. The number of likely N-dealkylation sites (tertiary alicyclic amines) is 1. The van der Waals surface area contributed by atoms with Crippen molar-refractivity contribution < 1.29 is 14.3 Å². The lowest BCUT2D eigenvalue weighted by Gasteiger charge is -2.38. The van der Waals surface area contributed by atoms with Crippen LogP contribution in [0.25, 0.3) is 0 Å². The van der Waals surface area contributed by atoms with Gasteiger partial charge in [-0.05, 0) is 30.5 Å². The van der Waals surface area contributed by atoms with E-state index in [2.05, 4.69) is 37.1 Å². The Morgan fingerprint density at radius 1 is 1.25 bits per heavy atom. The van der Waals surface area contributed by atoms with Crippen LogP contribution >= 0.6 is 0 Å². The minimum absolute atomic E-state index is 0.0158. The molecule has 1 N–H and O–H groups in total. The molecule has 2 aliphatic rings. The predicted octanol–water partition coefficient (Wildman–Crippen LogP) is 2.21. The summed E-state index contributed by atoms with van der Waals surface area (Å²) in [6.07, 6.45) is 2.06. The summed E-state index contributed by atoms with van der Waals surface area (Å²) in [6.45, 7) is 10.0. The Hall–Kier alpha value is -2.08. The Morgan fingerprint density at radius 2 is 2.00 bits per heavy atom. The van der Waals surface area contributed by atoms with Crippen LogP contribution in [-0.2, 0) is 9.59 Å². The van der Waals surface area contributed by atoms with Gasteiger partial charge in [-0.1, -0.05) is 26.0 Å². The lowest BCUT2D eigenvalue weighted by molar-refractivity contribution is -0.140. The molecule has 3 rings (SSSR count). The topological polar surface area (TPSA) is 61.9 Å². The first kappa shape index (κ1) is 20.6. The van der Waals surface area contributed by atoms with Gasteiger partial charge in [0, 0.05) is 45.6 Å². The van der Waals surface area contributed by atoms with Gasteiger partial charge in [-0.2, -0.15) is 0 Å². The van der Waals surface area contributed by atoms with Crippen molar-refractivity contribution in [1.29, 1.82) is 0 Å². The lowest BCUT2D eigenvalue weighted by Crippen LogP contribution is -2.57. The molecule has 28 heavy (non-hydrogen) atoms. The number of piperidine rings is 1. The molecule has 1 aromatic carbocycles. The highest BCUT2D eigenvalue weighted by Gasteiger charge is 2.34. The van der Waals surface area contributed by atoms with Gasteiger partial charge in [0.1, 0.15) is 11.9 Å². The first-order chi connectivity index (χ1) is 13.4. The molecule has 1 aromatic rings. The van der Waals surface area contributed by atoms with E-state index in [0.717, 1.165) is 31.7 Å². The molecule has 0 unspecified atom stereocenters. The minimum Gasteiger partial charge on any atom is -0.490 e. The maximum Gasteiger partial charge on any atom is 0.237 e. The SMILES string of the molecule is Cc1cccc(OC2CCN(C(=O)C[C@@H]3C(=O)NCCN3CC(C)C)CC2)c1. The zero-order chi connectivity index (χ0) is 20.1. The number of piperazine rings is 1. The second-order valence-corrected chi connectivity index (χ2v) is 8.41. The van der Waals surface area contributed by atoms with Gasteiger partial charge in [0.05, 0.1) is 12.5 Å². The summed E-state index contributed by atoms with van der Waals surface area (Å²) in [7, 11) is 0. The van der Waals surface area contributed by atoms with Crippen LogP contribution in [0.15, 0.2) is 24.3 Å². The van der Waals surface area contributed by atoms with Gasteiger partial charge in [-0.15, -0.1) is 0 Å². The molecule has 0 saturated carbocycles. The van der Waals surface area contributed by atoms with E-state index in [-0.39, 0.29) is 30.4 Å². The first-order valence-corrected chi connectivity index (χ1v) is 10.4. The summed E-state index contributed by atoms with van der Waals surface area (Å²) in [5, 5.41) is 2.91. The van der Waals surface area contributed by atoms with Gasteiger partial charge in [0.2, 0.25) is 11.8 Å². The highest BCUT2D eigenvalue weighted by molar-refractivity contribution is 5.88. The third-order valence-electron chi connectivity index (χ3n) is 5.50. The molecule has 2 amide bonds. The molecule has 2 aliphatic heterocycles. The summed E-state index contributed by atoms with van der Waals surface area (Å²) in [4.78, 5) is 29.2. The van der Waals surface area contributed by atoms with E-state index in [1.54, 1.807) is 0 Å². The van der Waals surface area contributed by atoms with Crippen LogP contribution in [0.5, 0.6) is 5.75 Å². The average molecular weight is 388 g/mol. The molecule has 0 aromatic heterocycles. The number of aryl methyl sites for hydroxylation is 1. The third kappa shape index (κ3) is 5.47. The van der Waals surface area contributed by atoms with Gasteiger partial charge in [-0.3, -0.25) is 14.5 Å². The number of ether oxygens (including phenoxy) is 1. The number of carbonyl (C=O) groups is 2. The summed E-state index contributed by atoms with van der Waals surface area (Å²) in [6, 6.07) is 7.74. The highest BCUT2D eigenvalue weighted by atomic mass is 16.5. The van der Waals surface area contributed by atoms with Crippen LogP contribution < -0.4 is 10.1 Å². The van der Waals surface area contributed by atoms with Crippen molar-refractivity contribution in [3.8, 4) is 5.75 Å². The van der Waals surface area contributed by atoms with Gasteiger partial charge in [0.15, 0.2) is 0 Å². The summed E-state index contributed by atoms with van der Waals surface area (Å²) in [5.41, 5.74) is 1.18. The second kappa shape index (κ2) is 9.41. The van der Waals surface area contributed by atoms with E-state index in [1.807, 2.05) is 23.1 Å². The Labute approximate surface area is 168 Å². The van der Waals surface area contributed by atoms with E-state index >= 15 is 0 Å². The normalized spacial score (nSPS) is 21.6. The first-order valence-electron chi connectivity index (χ1n) is 10.4. The Morgan fingerprint density at radius 3 is 2.68 bits per heavy atom. The van der Waals surface area contributed by atoms with Crippen LogP contribution in [-0.4, -0.2) is 66.5 Å². The van der Waals surface area contributed by atoms with Gasteiger partial charge in [-0.25, -0.2) is 0 Å². The van der Waals surface area contributed by atoms with Gasteiger partial charge >= 0.3 is 0 Å². The zero-order valence-corrected chi connectivity index (χ0v) is 17.3. The van der Waals surface area contributed by atoms with Crippen molar-refractivity contribution in [2.45, 2.75) is 52.2 Å². The molecule has 2 fully saturated rings. The molecule has 6 nitrogen and oxygen atoms in total. The average Bonchev–Trinajstić information content (AvgIpc) is 2.64. The molecule has 0 radical (unpaired) electrons. The van der Waals surface area contributed by atoms with Crippen molar-refractivity contribution in [3.05, 3.63) is 29.8 Å². The molecular weight excluding hydrogens is 354 g/mol. The maximum absolute atomic E-state index is 12.8. The van der Waals surface area contributed by atoms with Crippen LogP contribution in [0.4, 0.5) is 0 Å². The quantitative estimate of drug-likeness (QED) is 0.813. The summed E-state index contributed by atoms with van der Waals surface area (Å²) < 4.78 is 6.08. The number of nitrogens with zero attached hydrogens (tertiary/aromatic N) is 2. The van der Waals surface area contributed by atoms with E-state index in [0.29, 0.717) is 25.6 Å². The zero-order valence-electron chi connectivity index (χ0n) is 17.3. The van der Waals surface area contributed by atoms with Crippen molar-refractivity contribution in [3.63, 3.8) is 0 Å². The number of benzene rings is 1. The number of amides is 2. The fourth-order valence-corrected chi connectivity index (χ4v) is 4.07. The molecule has 6 heteroatoms. The Balaban J connectivity index is 1.50. The number of hydrogen-bond donors (Lipinski definition) is 1. The number of hydrogen-bond acceptors (Lipinski definition) is 4. The van der Waals surface area contributed by atoms with E-state index < -0.39 is 0 Å². The predicted molar refractivity (Wildman–Crippen MR) is 109 cm³/mol. The van der Waals surface area contributed by atoms with Gasteiger partial charge < -0.3 is 15.0 Å². The standard InChI is InChI=1S/C22H33N3O3/c1-16(2)15-25-12-9-23-22(27)20(25)14-21(26)24-10-7-18(8-11-24)28-19-6-4-5-17(3)13-19/h4-6,13,16,18,20H,7-12,14-15H2,1-3H3,(H,23,27)/t20-/m1/s1. The maximum atomic E-state index is 12.8. The van der Waals surface area contributed by atoms with E-state index in [1.165, 1.54) is 5.56 Å². The number of carbonyl (C=O) groups excluding carboxylic acids is 2. The molecular formula is C22H33N3O3. The molecule has 2 saturated heterocycles. The second-order valence-electron chi connectivity index (χ2n) is 8.41. The van der Waals surface area contributed by atoms with Crippen LogP contribution in [0.2, 0.25) is 0 Å². The number of nitrogens with one attached hydrogen (secondary N) is 1. The molecule has 0 bridgehead atoms. The van der Waals surface area contributed by atoms with Crippen molar-refractivity contribution >= 4 is 11.8 Å². The third-order valence-corrected chi connectivity index (χ3v) is 5.50. The summed E-state index contributed by atoms with van der Waals surface area (Å²) >= 11 is 0. The van der Waals surface area contributed by atoms with Crippen LogP contribution in [0.3, 0.4) is 0 Å². The fourth-order valence-electron chi connectivity index (χ4n) is 4.07.